The van der Waals surface area contributed by atoms with Crippen LogP contribution in [0.25, 0.3) is 22.2 Å². The van der Waals surface area contributed by atoms with E-state index in [1.54, 1.807) is 6.07 Å². The van der Waals surface area contributed by atoms with E-state index in [4.69, 9.17) is 5.73 Å². The van der Waals surface area contributed by atoms with E-state index in [0.717, 1.165) is 22.3 Å². The van der Waals surface area contributed by atoms with E-state index in [1.165, 1.54) is 17.4 Å². The third kappa shape index (κ3) is 2.14. The maximum Gasteiger partial charge on any atom is 0.180 e. The molecule has 0 amide bonds. The van der Waals surface area contributed by atoms with Crippen molar-refractivity contribution in [2.24, 2.45) is 0 Å². The van der Waals surface area contributed by atoms with Gasteiger partial charge in [-0.1, -0.05) is 26.0 Å². The van der Waals surface area contributed by atoms with Gasteiger partial charge in [0.2, 0.25) is 0 Å². The average molecular weight is 287 g/mol. The van der Waals surface area contributed by atoms with Gasteiger partial charge in [0.05, 0.1) is 5.69 Å². The predicted octanol–water partition coefficient (Wildman–Crippen LogP) is 4.20. The van der Waals surface area contributed by atoms with Crippen LogP contribution in [0.1, 0.15) is 25.5 Å². The minimum Gasteiger partial charge on any atom is -0.375 e. The molecule has 2 heterocycles. The first kappa shape index (κ1) is 13.0. The van der Waals surface area contributed by atoms with Crippen LogP contribution in [-0.2, 0) is 0 Å². The summed E-state index contributed by atoms with van der Waals surface area (Å²) in [6.45, 7) is 4.07. The van der Waals surface area contributed by atoms with Crippen LogP contribution in [0.15, 0.2) is 29.6 Å². The Morgan fingerprint density at radius 1 is 1.25 bits per heavy atom. The molecule has 0 aliphatic rings. The van der Waals surface area contributed by atoms with E-state index in [0.29, 0.717) is 10.6 Å². The summed E-state index contributed by atoms with van der Waals surface area (Å²) < 4.78 is 14.0. The van der Waals surface area contributed by atoms with Crippen molar-refractivity contribution in [3.05, 3.63) is 41.2 Å². The lowest BCUT2D eigenvalue weighted by molar-refractivity contribution is 0.635. The second kappa shape index (κ2) is 4.83. The topological polar surface area (TPSA) is 51.8 Å². The molecular formula is C15H14FN3S. The molecule has 0 radical (unpaired) electrons. The van der Waals surface area contributed by atoms with Gasteiger partial charge < -0.3 is 5.73 Å². The summed E-state index contributed by atoms with van der Waals surface area (Å²) in [4.78, 5) is 8.74. The molecule has 2 N–H and O–H groups in total. The summed E-state index contributed by atoms with van der Waals surface area (Å²) in [7, 11) is 0. The molecule has 1 aromatic carbocycles. The largest absolute Gasteiger partial charge is 0.375 e. The van der Waals surface area contributed by atoms with Crippen molar-refractivity contribution in [3.8, 4) is 11.3 Å². The molecule has 0 aliphatic heterocycles. The second-order valence-corrected chi connectivity index (χ2v) is 5.85. The minimum absolute atomic E-state index is 0.216. The second-order valence-electron chi connectivity index (χ2n) is 4.96. The third-order valence-electron chi connectivity index (χ3n) is 3.20. The van der Waals surface area contributed by atoms with Gasteiger partial charge in [-0.15, -0.1) is 11.3 Å². The fourth-order valence-corrected chi connectivity index (χ4v) is 2.72. The molecule has 5 heteroatoms. The Kier molecular flexibility index (Phi) is 3.14. The first-order chi connectivity index (χ1) is 9.56. The van der Waals surface area contributed by atoms with Gasteiger partial charge in [-0.2, -0.15) is 0 Å². The van der Waals surface area contributed by atoms with Crippen molar-refractivity contribution < 1.29 is 4.39 Å². The number of halogens is 1. The summed E-state index contributed by atoms with van der Waals surface area (Å²) in [6, 6.07) is 6.95. The van der Waals surface area contributed by atoms with E-state index in [9.17, 15) is 4.39 Å². The highest BCUT2D eigenvalue weighted by atomic mass is 32.1. The van der Waals surface area contributed by atoms with Crippen molar-refractivity contribution in [2.75, 3.05) is 5.73 Å². The number of nitrogen functional groups attached to an aromatic ring is 1. The highest BCUT2D eigenvalue weighted by Crippen LogP contribution is 2.32. The summed E-state index contributed by atoms with van der Waals surface area (Å²) in [5.41, 5.74) is 8.60. The van der Waals surface area contributed by atoms with Crippen molar-refractivity contribution in [1.29, 1.82) is 0 Å². The van der Waals surface area contributed by atoms with Crippen LogP contribution in [0, 0.1) is 5.82 Å². The number of aromatic nitrogens is 2. The first-order valence-electron chi connectivity index (χ1n) is 6.37. The lowest BCUT2D eigenvalue weighted by atomic mass is 10.0. The van der Waals surface area contributed by atoms with Crippen molar-refractivity contribution >= 4 is 27.4 Å². The molecular weight excluding hydrogens is 273 g/mol. The van der Waals surface area contributed by atoms with Crippen LogP contribution in [0.3, 0.4) is 0 Å². The minimum atomic E-state index is -0.311. The van der Waals surface area contributed by atoms with Crippen LogP contribution in [-0.4, -0.2) is 9.97 Å². The van der Waals surface area contributed by atoms with Gasteiger partial charge in [-0.05, 0) is 18.1 Å². The van der Waals surface area contributed by atoms with Crippen molar-refractivity contribution in [2.45, 2.75) is 19.8 Å². The monoisotopic (exact) mass is 287 g/mol. The summed E-state index contributed by atoms with van der Waals surface area (Å²) in [5, 5.41) is 3.16. The molecule has 0 bridgehead atoms. The smallest absolute Gasteiger partial charge is 0.180 e. The Hall–Kier alpha value is -2.01. The Morgan fingerprint density at radius 3 is 2.70 bits per heavy atom. The number of fused-ring (bicyclic) bond motifs is 1. The number of benzene rings is 1. The number of thiazole rings is 1. The number of hydrogen-bond donors (Lipinski definition) is 1. The fourth-order valence-electron chi connectivity index (χ4n) is 2.15. The lowest BCUT2D eigenvalue weighted by Crippen LogP contribution is -1.97. The number of pyridine rings is 1. The Morgan fingerprint density at radius 2 is 2.05 bits per heavy atom. The first-order valence-corrected chi connectivity index (χ1v) is 7.24. The molecule has 3 rings (SSSR count). The third-order valence-corrected chi connectivity index (χ3v) is 3.87. The molecule has 3 nitrogen and oxygen atoms in total. The van der Waals surface area contributed by atoms with E-state index in [-0.39, 0.29) is 11.7 Å². The van der Waals surface area contributed by atoms with Crippen molar-refractivity contribution in [3.63, 3.8) is 0 Å². The summed E-state index contributed by atoms with van der Waals surface area (Å²) in [5.74, 6) is -0.0943. The molecule has 102 valence electrons. The fraction of sp³-hybridized carbons (Fsp3) is 0.200. The number of nitrogens with two attached hydrogens (primary N) is 1. The lowest BCUT2D eigenvalue weighted by Gasteiger charge is -2.10. The van der Waals surface area contributed by atoms with Gasteiger partial charge in [0.15, 0.2) is 5.13 Å². The molecule has 0 saturated heterocycles. The van der Waals surface area contributed by atoms with Gasteiger partial charge in [0, 0.05) is 22.0 Å². The SMILES string of the molecule is CC(C)c1cc(-c2csc(N)n2)c2cccc(F)c2n1. The van der Waals surface area contributed by atoms with E-state index in [2.05, 4.69) is 9.97 Å². The molecule has 0 fully saturated rings. The van der Waals surface area contributed by atoms with Gasteiger partial charge in [0.25, 0.3) is 0 Å². The predicted molar refractivity (Wildman–Crippen MR) is 81.3 cm³/mol. The summed E-state index contributed by atoms with van der Waals surface area (Å²) in [6.07, 6.45) is 0. The summed E-state index contributed by atoms with van der Waals surface area (Å²) >= 11 is 1.38. The number of nitrogens with zero attached hydrogens (tertiary/aromatic N) is 2. The number of anilines is 1. The molecule has 0 unspecified atom stereocenters. The maximum atomic E-state index is 14.0. The van der Waals surface area contributed by atoms with E-state index < -0.39 is 0 Å². The average Bonchev–Trinajstić information content (AvgIpc) is 2.84. The standard InChI is InChI=1S/C15H14FN3S/c1-8(2)12-6-10(13-7-20-15(17)19-13)9-4-3-5-11(16)14(9)18-12/h3-8H,1-2H3,(H2,17,19). The zero-order chi connectivity index (χ0) is 14.3. The number of para-hydroxylation sites is 1. The molecule has 20 heavy (non-hydrogen) atoms. The van der Waals surface area contributed by atoms with Crippen LogP contribution >= 0.6 is 11.3 Å². The molecule has 0 atom stereocenters. The Balaban J connectivity index is 2.36. The zero-order valence-corrected chi connectivity index (χ0v) is 12.0. The van der Waals surface area contributed by atoms with Crippen LogP contribution in [0.5, 0.6) is 0 Å². The normalized spacial score (nSPS) is 11.4. The van der Waals surface area contributed by atoms with Gasteiger partial charge in [0.1, 0.15) is 11.3 Å². The van der Waals surface area contributed by atoms with E-state index >= 15 is 0 Å². The quantitative estimate of drug-likeness (QED) is 0.768. The highest BCUT2D eigenvalue weighted by Gasteiger charge is 2.14. The van der Waals surface area contributed by atoms with Gasteiger partial charge >= 0.3 is 0 Å². The van der Waals surface area contributed by atoms with Gasteiger partial charge in [-0.25, -0.2) is 14.4 Å². The molecule has 0 saturated carbocycles. The van der Waals surface area contributed by atoms with Crippen LogP contribution in [0.4, 0.5) is 9.52 Å². The zero-order valence-electron chi connectivity index (χ0n) is 11.2. The Bertz CT molecular complexity index is 780. The Labute approximate surface area is 120 Å². The molecule has 2 aromatic heterocycles. The molecule has 0 aliphatic carbocycles. The van der Waals surface area contributed by atoms with Crippen LogP contribution in [0.2, 0.25) is 0 Å². The maximum absolute atomic E-state index is 14.0. The van der Waals surface area contributed by atoms with E-state index in [1.807, 2.05) is 31.4 Å². The molecule has 3 aromatic rings. The number of hydrogen-bond acceptors (Lipinski definition) is 4. The van der Waals surface area contributed by atoms with Gasteiger partial charge in [-0.3, -0.25) is 0 Å². The highest BCUT2D eigenvalue weighted by molar-refractivity contribution is 7.13. The van der Waals surface area contributed by atoms with Crippen molar-refractivity contribution in [1.82, 2.24) is 9.97 Å². The van der Waals surface area contributed by atoms with Crippen LogP contribution < -0.4 is 5.73 Å². The number of rotatable bonds is 2. The molecule has 0 spiro atoms.